The number of halogens is 3. The number of hydrogen-bond acceptors (Lipinski definition) is 3. The summed E-state index contributed by atoms with van der Waals surface area (Å²) in [6.45, 7) is 2.60. The second-order valence-electron chi connectivity index (χ2n) is 4.08. The molecule has 0 saturated carbocycles. The van der Waals surface area contributed by atoms with Gasteiger partial charge in [-0.25, -0.2) is 0 Å². The standard InChI is InChI=1S/C12H12BrCl2N3O2/c1-2-20-10(19)6-18-5-7-9(16-12(18)17-13)4-3-8(14)11(7)15/h3-4H,2,5-6H2,1H3,(H,16,17). The fraction of sp³-hybridized carbons (Fsp3) is 0.333. The molecule has 5 nitrogen and oxygen atoms in total. The van der Waals surface area contributed by atoms with Crippen molar-refractivity contribution in [3.05, 3.63) is 27.7 Å². The molecule has 0 atom stereocenters. The van der Waals surface area contributed by atoms with Crippen LogP contribution < -0.4 is 5.32 Å². The van der Waals surface area contributed by atoms with Crippen molar-refractivity contribution in [1.29, 1.82) is 0 Å². The highest BCUT2D eigenvalue weighted by Crippen LogP contribution is 2.35. The van der Waals surface area contributed by atoms with Crippen molar-refractivity contribution >= 4 is 57.0 Å². The first-order valence-electron chi connectivity index (χ1n) is 5.90. The maximum Gasteiger partial charge on any atom is 0.325 e. The molecule has 0 aliphatic carbocycles. The highest BCUT2D eigenvalue weighted by atomic mass is 79.9. The molecule has 0 bridgehead atoms. The van der Waals surface area contributed by atoms with E-state index in [-0.39, 0.29) is 12.5 Å². The lowest BCUT2D eigenvalue weighted by molar-refractivity contribution is -0.143. The van der Waals surface area contributed by atoms with Gasteiger partial charge in [0.1, 0.15) is 6.54 Å². The maximum absolute atomic E-state index is 11.6. The summed E-state index contributed by atoms with van der Waals surface area (Å²) in [7, 11) is 0. The van der Waals surface area contributed by atoms with Gasteiger partial charge in [0.15, 0.2) is 0 Å². The molecule has 0 spiro atoms. The van der Waals surface area contributed by atoms with Crippen molar-refractivity contribution in [3.63, 3.8) is 0 Å². The lowest BCUT2D eigenvalue weighted by Gasteiger charge is -2.32. The third-order valence-corrected chi connectivity index (χ3v) is 3.98. The Balaban J connectivity index is 2.27. The van der Waals surface area contributed by atoms with Crippen LogP contribution in [0.25, 0.3) is 0 Å². The van der Waals surface area contributed by atoms with E-state index in [4.69, 9.17) is 27.9 Å². The molecule has 1 N–H and O–H groups in total. The predicted molar refractivity (Wildman–Crippen MR) is 83.5 cm³/mol. The zero-order valence-corrected chi connectivity index (χ0v) is 13.7. The first kappa shape index (κ1) is 15.4. The highest BCUT2D eigenvalue weighted by molar-refractivity contribution is 9.08. The van der Waals surface area contributed by atoms with Gasteiger partial charge in [0.05, 0.1) is 39.3 Å². The zero-order valence-electron chi connectivity index (χ0n) is 10.6. The molecular formula is C12H12BrCl2N3O2. The summed E-state index contributed by atoms with van der Waals surface area (Å²) in [5, 5.41) is 4.04. The van der Waals surface area contributed by atoms with Gasteiger partial charge in [0.2, 0.25) is 5.96 Å². The maximum atomic E-state index is 11.6. The fourth-order valence-corrected chi connectivity index (χ4v) is 2.61. The topological polar surface area (TPSA) is 53.9 Å². The summed E-state index contributed by atoms with van der Waals surface area (Å²) in [6, 6.07) is 3.53. The highest BCUT2D eigenvalue weighted by Gasteiger charge is 2.25. The summed E-state index contributed by atoms with van der Waals surface area (Å²) >= 11 is 15.2. The molecule has 1 aromatic rings. The van der Waals surface area contributed by atoms with Crippen molar-refractivity contribution in [3.8, 4) is 0 Å². The minimum Gasteiger partial charge on any atom is -0.465 e. The largest absolute Gasteiger partial charge is 0.465 e. The van der Waals surface area contributed by atoms with Gasteiger partial charge in [-0.3, -0.25) is 4.79 Å². The lowest BCUT2D eigenvalue weighted by Crippen LogP contribution is -2.43. The third-order valence-electron chi connectivity index (χ3n) is 2.80. The van der Waals surface area contributed by atoms with Gasteiger partial charge in [-0.2, -0.15) is 4.02 Å². The van der Waals surface area contributed by atoms with Crippen molar-refractivity contribution in [2.75, 3.05) is 18.5 Å². The van der Waals surface area contributed by atoms with Crippen LogP contribution in [-0.4, -0.2) is 30.0 Å². The van der Waals surface area contributed by atoms with E-state index < -0.39 is 0 Å². The van der Waals surface area contributed by atoms with Gasteiger partial charge < -0.3 is 15.0 Å². The van der Waals surface area contributed by atoms with Crippen LogP contribution in [0.15, 0.2) is 16.2 Å². The van der Waals surface area contributed by atoms with E-state index in [0.29, 0.717) is 29.2 Å². The first-order chi connectivity index (χ1) is 9.56. The van der Waals surface area contributed by atoms with E-state index in [9.17, 15) is 4.79 Å². The molecule has 1 heterocycles. The van der Waals surface area contributed by atoms with Crippen molar-refractivity contribution < 1.29 is 9.53 Å². The summed E-state index contributed by atoms with van der Waals surface area (Å²) in [5.74, 6) is 0.188. The number of carbonyl (C=O) groups is 1. The molecule has 0 amide bonds. The number of nitrogens with one attached hydrogen (secondary N) is 1. The van der Waals surface area contributed by atoms with Crippen LogP contribution in [-0.2, 0) is 16.1 Å². The number of fused-ring (bicyclic) bond motifs is 1. The van der Waals surface area contributed by atoms with E-state index >= 15 is 0 Å². The Morgan fingerprint density at radius 2 is 2.30 bits per heavy atom. The lowest BCUT2D eigenvalue weighted by atomic mass is 10.1. The Morgan fingerprint density at radius 1 is 1.55 bits per heavy atom. The Bertz CT molecular complexity index is 566. The van der Waals surface area contributed by atoms with Gasteiger partial charge in [-0.15, -0.1) is 0 Å². The molecular weight excluding hydrogens is 369 g/mol. The molecule has 1 aliphatic heterocycles. The number of nitrogens with zero attached hydrogens (tertiary/aromatic N) is 2. The molecule has 108 valence electrons. The summed E-state index contributed by atoms with van der Waals surface area (Å²) in [4.78, 5) is 13.3. The fourth-order valence-electron chi connectivity index (χ4n) is 1.90. The number of esters is 1. The molecule has 2 rings (SSSR count). The van der Waals surface area contributed by atoms with Crippen molar-refractivity contribution in [1.82, 2.24) is 4.90 Å². The van der Waals surface area contributed by atoms with Crippen LogP contribution in [0.2, 0.25) is 10.0 Å². The zero-order chi connectivity index (χ0) is 14.7. The third kappa shape index (κ3) is 3.19. The monoisotopic (exact) mass is 379 g/mol. The molecule has 20 heavy (non-hydrogen) atoms. The predicted octanol–water partition coefficient (Wildman–Crippen LogP) is 3.45. The van der Waals surface area contributed by atoms with Crippen LogP contribution in [0.4, 0.5) is 5.69 Å². The molecule has 0 fully saturated rings. The average molecular weight is 381 g/mol. The number of guanidine groups is 1. The quantitative estimate of drug-likeness (QED) is 0.816. The average Bonchev–Trinajstić information content (AvgIpc) is 2.43. The number of anilines is 1. The molecule has 8 heteroatoms. The van der Waals surface area contributed by atoms with Gasteiger partial charge in [-0.05, 0) is 19.1 Å². The van der Waals surface area contributed by atoms with Crippen molar-refractivity contribution in [2.45, 2.75) is 13.5 Å². The minimum absolute atomic E-state index is 0.0769. The number of ether oxygens (including phenoxy) is 1. The summed E-state index contributed by atoms with van der Waals surface area (Å²) < 4.78 is 8.89. The first-order valence-corrected chi connectivity index (χ1v) is 7.36. The van der Waals surface area contributed by atoms with Gasteiger partial charge in [0.25, 0.3) is 0 Å². The Labute approximate surface area is 135 Å². The smallest absolute Gasteiger partial charge is 0.325 e. The van der Waals surface area contributed by atoms with E-state index in [2.05, 4.69) is 25.5 Å². The van der Waals surface area contributed by atoms with E-state index in [1.165, 1.54) is 0 Å². The van der Waals surface area contributed by atoms with Gasteiger partial charge >= 0.3 is 5.97 Å². The van der Waals surface area contributed by atoms with Crippen LogP contribution in [0.5, 0.6) is 0 Å². The second-order valence-corrected chi connectivity index (χ2v) is 5.22. The number of carbonyl (C=O) groups excluding carboxylic acids is 1. The van der Waals surface area contributed by atoms with Crippen LogP contribution in [0, 0.1) is 0 Å². The normalized spacial score (nSPS) is 15.8. The molecule has 0 saturated heterocycles. The molecule has 1 aromatic carbocycles. The van der Waals surface area contributed by atoms with E-state index in [0.717, 1.165) is 11.3 Å². The number of hydrogen-bond donors (Lipinski definition) is 1. The number of rotatable bonds is 3. The van der Waals surface area contributed by atoms with E-state index in [1.807, 2.05) is 6.07 Å². The summed E-state index contributed by atoms with van der Waals surface area (Å²) in [5.41, 5.74) is 1.64. The minimum atomic E-state index is -0.329. The second kappa shape index (κ2) is 6.65. The molecule has 0 radical (unpaired) electrons. The van der Waals surface area contributed by atoms with Crippen molar-refractivity contribution in [2.24, 2.45) is 4.02 Å². The van der Waals surface area contributed by atoms with Gasteiger partial charge in [-0.1, -0.05) is 23.2 Å². The van der Waals surface area contributed by atoms with Crippen LogP contribution in [0.3, 0.4) is 0 Å². The Hall–Kier alpha value is -0.980. The van der Waals surface area contributed by atoms with Crippen LogP contribution in [0.1, 0.15) is 12.5 Å². The molecule has 0 aromatic heterocycles. The van der Waals surface area contributed by atoms with Gasteiger partial charge in [0, 0.05) is 11.3 Å². The van der Waals surface area contributed by atoms with Crippen LogP contribution >= 0.6 is 39.3 Å². The molecule has 0 unspecified atom stereocenters. The Kier molecular flexibility index (Phi) is 5.12. The Morgan fingerprint density at radius 3 is 2.95 bits per heavy atom. The number of benzene rings is 1. The summed E-state index contributed by atoms with van der Waals surface area (Å²) in [6.07, 6.45) is 0. The SMILES string of the molecule is CCOC(=O)CN1Cc2c(ccc(Cl)c2Cl)NC1=NBr. The molecule has 1 aliphatic rings. The van der Waals surface area contributed by atoms with E-state index in [1.54, 1.807) is 17.9 Å².